The third-order valence-corrected chi connectivity index (χ3v) is 1.97. The quantitative estimate of drug-likeness (QED) is 0.498. The fraction of sp³-hybridized carbons (Fsp3) is 1.00. The van der Waals surface area contributed by atoms with E-state index in [0.717, 1.165) is 0 Å². The second-order valence-electron chi connectivity index (χ2n) is 3.26. The fourth-order valence-corrected chi connectivity index (χ4v) is 1.01. The van der Waals surface area contributed by atoms with Crippen LogP contribution in [-0.2, 0) is 11.5 Å². The maximum absolute atomic E-state index is 10.1. The van der Waals surface area contributed by atoms with E-state index in [-0.39, 0.29) is 6.61 Å². The number of likely N-dealkylation sites (N-methyl/N-ethyl adjacent to an activating group) is 1. The van der Waals surface area contributed by atoms with Gasteiger partial charge in [0, 0.05) is 0 Å². The molecule has 0 spiro atoms. The van der Waals surface area contributed by atoms with E-state index in [2.05, 4.69) is 3.82 Å². The third-order valence-electron chi connectivity index (χ3n) is 0.994. The molecule has 0 aliphatic heterocycles. The molecule has 0 atom stereocenters. The van der Waals surface area contributed by atoms with Gasteiger partial charge in [-0.15, -0.1) is 0 Å². The molecule has 0 heterocycles. The summed E-state index contributed by atoms with van der Waals surface area (Å²) in [4.78, 5) is 0. The van der Waals surface area contributed by atoms with Gasteiger partial charge in [0.25, 0.3) is 0 Å². The molecule has 0 radical (unpaired) electrons. The van der Waals surface area contributed by atoms with Crippen LogP contribution in [0, 0.1) is 0 Å². The summed E-state index contributed by atoms with van der Waals surface area (Å²) in [6, 6.07) is 0. The van der Waals surface area contributed by atoms with Gasteiger partial charge in [0.1, 0.15) is 0 Å². The van der Waals surface area contributed by atoms with E-state index in [4.69, 9.17) is 4.19 Å². The van der Waals surface area contributed by atoms with Crippen molar-refractivity contribution in [2.24, 2.45) is 0 Å². The molecule has 0 bridgehead atoms. The van der Waals surface area contributed by atoms with Crippen molar-refractivity contribution in [1.82, 2.24) is 0 Å². The molecule has 1 N–H and O–H groups in total. The van der Waals surface area contributed by atoms with Crippen LogP contribution >= 0.6 is 0 Å². The molecule has 0 saturated carbocycles. The van der Waals surface area contributed by atoms with Crippen LogP contribution in [0.2, 0.25) is 0 Å². The van der Waals surface area contributed by atoms with E-state index in [1.807, 2.05) is 21.1 Å². The number of rotatable bonds is 4. The summed E-state index contributed by atoms with van der Waals surface area (Å²) < 4.78 is 33.3. The number of nitrogens with zero attached hydrogens (tertiary/aromatic N) is 1. The van der Waals surface area contributed by atoms with Gasteiger partial charge in [-0.1, -0.05) is 0 Å². The van der Waals surface area contributed by atoms with Crippen molar-refractivity contribution in [2.45, 2.75) is 0 Å². The van der Waals surface area contributed by atoms with E-state index in [1.165, 1.54) is 0 Å². The van der Waals surface area contributed by atoms with Crippen molar-refractivity contribution in [3.63, 3.8) is 0 Å². The van der Waals surface area contributed by atoms with Crippen molar-refractivity contribution in [3.05, 3.63) is 0 Å². The standard InChI is InChI=1S/C5H13NO4Se/c1-6(2,3)4-5-10-11(7,8)9/h4-5H2,1-3H3/p+1. The zero-order valence-corrected chi connectivity index (χ0v) is 8.65. The van der Waals surface area contributed by atoms with Crippen LogP contribution < -0.4 is 0 Å². The third kappa shape index (κ3) is 10.00. The Morgan fingerprint density at radius 3 is 2.09 bits per heavy atom. The average Bonchev–Trinajstić information content (AvgIpc) is 1.55. The molecule has 11 heavy (non-hydrogen) atoms. The van der Waals surface area contributed by atoms with Crippen molar-refractivity contribution in [2.75, 3.05) is 34.3 Å². The van der Waals surface area contributed by atoms with E-state index in [0.29, 0.717) is 11.0 Å². The molecule has 68 valence electrons. The van der Waals surface area contributed by atoms with Gasteiger partial charge in [-0.2, -0.15) is 0 Å². The van der Waals surface area contributed by atoms with Crippen molar-refractivity contribution in [3.8, 4) is 0 Å². The first-order valence-corrected chi connectivity index (χ1v) is 5.99. The first kappa shape index (κ1) is 11.0. The molecule has 0 aromatic carbocycles. The van der Waals surface area contributed by atoms with Crippen molar-refractivity contribution >= 4 is 13.4 Å². The summed E-state index contributed by atoms with van der Waals surface area (Å²) in [5.41, 5.74) is 0. The molecule has 0 unspecified atom stereocenters. The zero-order chi connectivity index (χ0) is 9.12. The summed E-state index contributed by atoms with van der Waals surface area (Å²) in [6.07, 6.45) is 0. The normalized spacial score (nSPS) is 13.5. The van der Waals surface area contributed by atoms with Crippen LogP contribution in [-0.4, -0.2) is 56.3 Å². The molecule has 0 fully saturated rings. The summed E-state index contributed by atoms with van der Waals surface area (Å²) >= 11 is -4.93. The van der Waals surface area contributed by atoms with Gasteiger partial charge in [0.05, 0.1) is 0 Å². The predicted molar refractivity (Wildman–Crippen MR) is 38.2 cm³/mol. The average molecular weight is 231 g/mol. The monoisotopic (exact) mass is 232 g/mol. The molecular weight excluding hydrogens is 217 g/mol. The molecule has 0 aromatic heterocycles. The molecule has 0 aliphatic rings. The Labute approximate surface area is 68.4 Å². The van der Waals surface area contributed by atoms with Crippen LogP contribution in [0.5, 0.6) is 0 Å². The Bertz CT molecular complexity index is 203. The SMILES string of the molecule is C[N+](C)(C)CCO[Se](=O)(=O)O. The van der Waals surface area contributed by atoms with Gasteiger partial charge in [-0.05, 0) is 0 Å². The number of hydrogen-bond donors (Lipinski definition) is 1. The second-order valence-corrected chi connectivity index (χ2v) is 5.55. The molecule has 5 nitrogen and oxygen atoms in total. The minimum atomic E-state index is -4.93. The molecule has 0 saturated heterocycles. The molecule has 0 rings (SSSR count). The Morgan fingerprint density at radius 1 is 1.36 bits per heavy atom. The minimum absolute atomic E-state index is 0.0347. The van der Waals surface area contributed by atoms with E-state index < -0.39 is 13.4 Å². The predicted octanol–water partition coefficient (Wildman–Crippen LogP) is -1.00. The van der Waals surface area contributed by atoms with Crippen LogP contribution in [0.3, 0.4) is 0 Å². The Morgan fingerprint density at radius 2 is 1.82 bits per heavy atom. The summed E-state index contributed by atoms with van der Waals surface area (Å²) in [5.74, 6) is 0. The molecular formula is C5H14NO4Se+. The zero-order valence-electron chi connectivity index (χ0n) is 6.94. The first-order valence-electron chi connectivity index (χ1n) is 3.13. The molecule has 0 amide bonds. The molecule has 0 aromatic rings. The van der Waals surface area contributed by atoms with Gasteiger partial charge in [-0.3, -0.25) is 0 Å². The Balaban J connectivity index is 3.61. The fourth-order valence-electron chi connectivity index (χ4n) is 0.416. The first-order chi connectivity index (χ1) is 4.71. The van der Waals surface area contributed by atoms with Gasteiger partial charge in [-0.25, -0.2) is 0 Å². The van der Waals surface area contributed by atoms with Gasteiger partial charge >= 0.3 is 67.8 Å². The van der Waals surface area contributed by atoms with Crippen LogP contribution in [0.25, 0.3) is 0 Å². The van der Waals surface area contributed by atoms with Crippen LogP contribution in [0.4, 0.5) is 0 Å². The second kappa shape index (κ2) is 3.60. The number of hydrogen-bond acceptors (Lipinski definition) is 3. The molecule has 0 aliphatic carbocycles. The molecule has 6 heteroatoms. The Kier molecular flexibility index (Phi) is 3.60. The van der Waals surface area contributed by atoms with E-state index >= 15 is 0 Å². The van der Waals surface area contributed by atoms with E-state index in [9.17, 15) is 7.67 Å². The van der Waals surface area contributed by atoms with E-state index in [1.54, 1.807) is 0 Å². The topological polar surface area (TPSA) is 63.6 Å². The number of quaternary nitrogens is 1. The van der Waals surface area contributed by atoms with Crippen LogP contribution in [0.15, 0.2) is 0 Å². The summed E-state index contributed by atoms with van der Waals surface area (Å²) in [7, 11) is 5.71. The van der Waals surface area contributed by atoms with Gasteiger partial charge < -0.3 is 0 Å². The van der Waals surface area contributed by atoms with Crippen molar-refractivity contribution < 1.29 is 20.2 Å². The maximum atomic E-state index is 10.1. The summed E-state index contributed by atoms with van der Waals surface area (Å²) in [6.45, 7) is 0.581. The van der Waals surface area contributed by atoms with Gasteiger partial charge in [0.2, 0.25) is 0 Å². The Hall–Kier alpha value is -0.000519. The van der Waals surface area contributed by atoms with Crippen molar-refractivity contribution in [1.29, 1.82) is 0 Å². The summed E-state index contributed by atoms with van der Waals surface area (Å²) in [5, 5.41) is 0. The van der Waals surface area contributed by atoms with Gasteiger partial charge in [0.15, 0.2) is 0 Å². The van der Waals surface area contributed by atoms with Crippen LogP contribution in [0.1, 0.15) is 0 Å².